The Labute approximate surface area is 142 Å². The Kier molecular flexibility index (Phi) is 17.1. The van der Waals surface area contributed by atoms with Gasteiger partial charge in [-0.1, -0.05) is 20.3 Å². The Morgan fingerprint density at radius 1 is 1.24 bits per heavy atom. The summed E-state index contributed by atoms with van der Waals surface area (Å²) in [5.41, 5.74) is 0. The molecule has 0 bridgehead atoms. The van der Waals surface area contributed by atoms with Crippen LogP contribution in [0.3, 0.4) is 0 Å². The predicted molar refractivity (Wildman–Crippen MR) is 93.1 cm³/mol. The second-order valence-electron chi connectivity index (χ2n) is 4.08. The highest BCUT2D eigenvalue weighted by atomic mass is 127. The zero-order valence-electron chi connectivity index (χ0n) is 12.6. The van der Waals surface area contributed by atoms with Gasteiger partial charge in [0.15, 0.2) is 0 Å². The van der Waals surface area contributed by atoms with Gasteiger partial charge >= 0.3 is 5.97 Å². The van der Waals surface area contributed by atoms with Crippen molar-refractivity contribution < 1.29 is 19.5 Å². The van der Waals surface area contributed by atoms with E-state index in [1.165, 1.54) is 16.0 Å². The lowest BCUT2D eigenvalue weighted by Gasteiger charge is -2.08. The number of hydrogen-bond acceptors (Lipinski definition) is 5. The topological polar surface area (TPSA) is 108 Å². The standard InChI is InChI=1S/C7H15NO.C5H9IN2O3S/c1-3-5-6-8-7(9)4-2;1-3(5(10)11)8-4(9)2-7-12-6/h3-6H2,1-2H3,(H,8,9);3,7H,2H2,1H3,(H,8,9)(H,10,11). The molecule has 0 fully saturated rings. The summed E-state index contributed by atoms with van der Waals surface area (Å²) in [5, 5.41) is 13.5. The molecule has 4 N–H and O–H groups in total. The van der Waals surface area contributed by atoms with Crippen LogP contribution < -0.4 is 15.4 Å². The molecule has 7 nitrogen and oxygen atoms in total. The van der Waals surface area contributed by atoms with Gasteiger partial charge in [0.1, 0.15) is 6.04 Å². The van der Waals surface area contributed by atoms with Gasteiger partial charge in [0.05, 0.1) is 6.54 Å². The van der Waals surface area contributed by atoms with E-state index in [1.54, 1.807) is 0 Å². The summed E-state index contributed by atoms with van der Waals surface area (Å²) in [5.74, 6) is -1.21. The van der Waals surface area contributed by atoms with Crippen molar-refractivity contribution in [2.24, 2.45) is 0 Å². The molecule has 0 spiro atoms. The first kappa shape index (κ1) is 22.7. The van der Waals surface area contributed by atoms with Crippen molar-refractivity contribution in [1.82, 2.24) is 15.4 Å². The van der Waals surface area contributed by atoms with Crippen LogP contribution in [-0.4, -0.2) is 42.0 Å². The number of hydrogen-bond donors (Lipinski definition) is 4. The number of rotatable bonds is 9. The van der Waals surface area contributed by atoms with Crippen molar-refractivity contribution in [2.45, 2.75) is 46.1 Å². The van der Waals surface area contributed by atoms with Crippen molar-refractivity contribution in [2.75, 3.05) is 13.1 Å². The van der Waals surface area contributed by atoms with E-state index >= 15 is 0 Å². The van der Waals surface area contributed by atoms with Gasteiger partial charge in [0.2, 0.25) is 11.8 Å². The lowest BCUT2D eigenvalue weighted by molar-refractivity contribution is -0.141. The van der Waals surface area contributed by atoms with E-state index in [0.29, 0.717) is 6.42 Å². The van der Waals surface area contributed by atoms with Crippen molar-refractivity contribution in [3.63, 3.8) is 0 Å². The molecule has 1 atom stereocenters. The van der Waals surface area contributed by atoms with E-state index in [0.717, 1.165) is 19.4 Å². The molecule has 0 aliphatic heterocycles. The molecule has 1 unspecified atom stereocenters. The Balaban J connectivity index is 0. The van der Waals surface area contributed by atoms with Crippen molar-refractivity contribution in [1.29, 1.82) is 0 Å². The fourth-order valence-electron chi connectivity index (χ4n) is 0.977. The maximum Gasteiger partial charge on any atom is 0.325 e. The fourth-order valence-corrected chi connectivity index (χ4v) is 1.63. The van der Waals surface area contributed by atoms with Gasteiger partial charge in [-0.05, 0) is 22.5 Å². The number of amides is 2. The monoisotopic (exact) mass is 433 g/mol. The van der Waals surface area contributed by atoms with Crippen molar-refractivity contribution in [3.05, 3.63) is 0 Å². The molecular formula is C12H24IN3O4S. The Hall–Kier alpha value is -0.550. The molecule has 21 heavy (non-hydrogen) atoms. The van der Waals surface area contributed by atoms with Crippen LogP contribution in [0.4, 0.5) is 0 Å². The number of nitrogens with one attached hydrogen (secondary N) is 3. The van der Waals surface area contributed by atoms with Crippen LogP contribution in [0.25, 0.3) is 0 Å². The molecule has 0 radical (unpaired) electrons. The third-order valence-corrected chi connectivity index (χ3v) is 3.40. The van der Waals surface area contributed by atoms with Crippen molar-refractivity contribution in [3.8, 4) is 0 Å². The van der Waals surface area contributed by atoms with E-state index in [-0.39, 0.29) is 18.4 Å². The van der Waals surface area contributed by atoms with Crippen molar-refractivity contribution >= 4 is 48.1 Å². The number of carbonyl (C=O) groups is 3. The minimum Gasteiger partial charge on any atom is -0.480 e. The number of carboxylic acids is 1. The van der Waals surface area contributed by atoms with Gasteiger partial charge in [0.25, 0.3) is 0 Å². The summed E-state index contributed by atoms with van der Waals surface area (Å²) in [6, 6.07) is -0.835. The van der Waals surface area contributed by atoms with Gasteiger partial charge in [0, 0.05) is 34.2 Å². The Bertz CT molecular complexity index is 319. The zero-order valence-corrected chi connectivity index (χ0v) is 15.5. The van der Waals surface area contributed by atoms with Gasteiger partial charge in [-0.15, -0.1) is 0 Å². The third kappa shape index (κ3) is 17.4. The molecule has 124 valence electrons. The minimum absolute atomic E-state index is 0.116. The first-order valence-electron chi connectivity index (χ1n) is 6.68. The van der Waals surface area contributed by atoms with E-state index in [4.69, 9.17) is 5.11 Å². The molecule has 9 heteroatoms. The number of carboxylic acid groups (broad SMARTS) is 1. The summed E-state index contributed by atoms with van der Waals surface area (Å²) in [7, 11) is 1.28. The van der Waals surface area contributed by atoms with Crippen LogP contribution in [0.15, 0.2) is 0 Å². The van der Waals surface area contributed by atoms with Gasteiger partial charge in [-0.2, -0.15) is 0 Å². The smallest absolute Gasteiger partial charge is 0.325 e. The summed E-state index contributed by atoms with van der Waals surface area (Å²) >= 11 is 1.98. The summed E-state index contributed by atoms with van der Waals surface area (Å²) < 4.78 is 2.69. The van der Waals surface area contributed by atoms with Gasteiger partial charge in [-0.25, -0.2) is 4.72 Å². The number of carbonyl (C=O) groups excluding carboxylic acids is 2. The van der Waals surface area contributed by atoms with E-state index in [9.17, 15) is 14.4 Å². The first-order chi connectivity index (χ1) is 9.88. The maximum atomic E-state index is 10.9. The van der Waals surface area contributed by atoms with Crippen LogP contribution in [0.2, 0.25) is 0 Å². The van der Waals surface area contributed by atoms with Crippen LogP contribution in [-0.2, 0) is 14.4 Å². The van der Waals surface area contributed by atoms with Crippen LogP contribution in [0, 0.1) is 0 Å². The average molecular weight is 433 g/mol. The molecule has 0 aliphatic rings. The molecule has 0 aromatic carbocycles. The number of halogens is 1. The predicted octanol–water partition coefficient (Wildman–Crippen LogP) is 1.48. The Morgan fingerprint density at radius 2 is 1.86 bits per heavy atom. The summed E-state index contributed by atoms with van der Waals surface area (Å²) in [6.45, 7) is 6.34. The zero-order chi connectivity index (χ0) is 16.7. The second kappa shape index (κ2) is 15.8. The van der Waals surface area contributed by atoms with Gasteiger partial charge < -0.3 is 15.7 Å². The normalized spacial score (nSPS) is 10.9. The molecule has 2 amide bonds. The lowest BCUT2D eigenvalue weighted by atomic mass is 10.3. The molecule has 0 saturated carbocycles. The highest BCUT2D eigenvalue weighted by Crippen LogP contribution is 2.02. The highest BCUT2D eigenvalue weighted by Gasteiger charge is 2.12. The summed E-state index contributed by atoms with van der Waals surface area (Å²) in [4.78, 5) is 31.7. The summed E-state index contributed by atoms with van der Waals surface area (Å²) in [6.07, 6.45) is 2.83. The quantitative estimate of drug-likeness (QED) is 0.249. The van der Waals surface area contributed by atoms with Crippen LogP contribution >= 0.6 is 30.3 Å². The minimum atomic E-state index is -1.04. The maximum absolute atomic E-state index is 10.9. The molecule has 0 aliphatic carbocycles. The molecule has 0 saturated heterocycles. The first-order valence-corrected chi connectivity index (χ1v) is 10.0. The number of unbranched alkanes of at least 4 members (excludes halogenated alkanes) is 1. The SMILES string of the molecule is CC(NC(=O)CNSI)C(=O)O.CCCCNC(=O)CC. The van der Waals surface area contributed by atoms with E-state index in [2.05, 4.69) is 22.3 Å². The second-order valence-corrected chi connectivity index (χ2v) is 5.85. The largest absolute Gasteiger partial charge is 0.480 e. The molecule has 0 heterocycles. The molecule has 0 aromatic heterocycles. The fraction of sp³-hybridized carbons (Fsp3) is 0.750. The van der Waals surface area contributed by atoms with E-state index in [1.807, 2.05) is 28.1 Å². The molecular weight excluding hydrogens is 409 g/mol. The molecule has 0 aromatic rings. The van der Waals surface area contributed by atoms with E-state index < -0.39 is 12.0 Å². The number of aliphatic carboxylic acids is 1. The van der Waals surface area contributed by atoms with Crippen LogP contribution in [0.1, 0.15) is 40.0 Å². The average Bonchev–Trinajstić information content (AvgIpc) is 2.45. The lowest BCUT2D eigenvalue weighted by Crippen LogP contribution is -2.41. The highest BCUT2D eigenvalue weighted by molar-refractivity contribution is 14.2. The Morgan fingerprint density at radius 3 is 2.29 bits per heavy atom. The third-order valence-electron chi connectivity index (χ3n) is 2.21. The van der Waals surface area contributed by atoms with Crippen LogP contribution in [0.5, 0.6) is 0 Å². The molecule has 0 rings (SSSR count). The van der Waals surface area contributed by atoms with Gasteiger partial charge in [-0.3, -0.25) is 14.4 Å².